The Morgan fingerprint density at radius 3 is 2.48 bits per heavy atom. The smallest absolute Gasteiger partial charge is 0.237 e. The van der Waals surface area contributed by atoms with Crippen LogP contribution in [-0.2, 0) is 10.2 Å². The molecule has 29 heavy (non-hydrogen) atoms. The lowest BCUT2D eigenvalue weighted by Gasteiger charge is -2.45. The van der Waals surface area contributed by atoms with Gasteiger partial charge in [0.05, 0.1) is 17.5 Å². The van der Waals surface area contributed by atoms with E-state index in [-0.39, 0.29) is 37.0 Å². The lowest BCUT2D eigenvalue weighted by molar-refractivity contribution is -0.124. The zero-order chi connectivity index (χ0) is 21.7. The minimum Gasteiger partial charge on any atom is -0.396 e. The minimum atomic E-state index is -0.807. The van der Waals surface area contributed by atoms with Gasteiger partial charge in [0.2, 0.25) is 5.91 Å². The lowest BCUT2D eigenvalue weighted by Crippen LogP contribution is -2.58. The second kappa shape index (κ2) is 9.90. The van der Waals surface area contributed by atoms with Gasteiger partial charge in [-0.2, -0.15) is 5.26 Å². The molecule has 1 heterocycles. The van der Waals surface area contributed by atoms with E-state index < -0.39 is 17.4 Å². The molecule has 4 N–H and O–H groups in total. The number of amides is 1. The molecule has 0 aromatic heterocycles. The molecule has 6 nitrogen and oxygen atoms in total. The maximum atomic E-state index is 12.7. The third kappa shape index (κ3) is 5.93. The van der Waals surface area contributed by atoms with Gasteiger partial charge in [0, 0.05) is 37.2 Å². The van der Waals surface area contributed by atoms with Gasteiger partial charge in [0.25, 0.3) is 0 Å². The summed E-state index contributed by atoms with van der Waals surface area (Å²) in [5, 5.41) is 35.4. The average Bonchev–Trinajstić information content (AvgIpc) is 2.68. The Labute approximate surface area is 178 Å². The van der Waals surface area contributed by atoms with Gasteiger partial charge in [-0.05, 0) is 41.9 Å². The molecule has 160 valence electrons. The molecule has 0 aliphatic carbocycles. The van der Waals surface area contributed by atoms with Crippen molar-refractivity contribution in [1.29, 1.82) is 5.26 Å². The van der Waals surface area contributed by atoms with Crippen LogP contribution in [-0.4, -0.2) is 48.5 Å². The third-order valence-corrected chi connectivity index (χ3v) is 5.90. The summed E-state index contributed by atoms with van der Waals surface area (Å²) in [5.41, 5.74) is 0.103. The molecule has 1 amide bonds. The number of aliphatic hydroxyl groups is 2. The van der Waals surface area contributed by atoms with Crippen LogP contribution in [0.1, 0.15) is 39.2 Å². The highest BCUT2D eigenvalue weighted by atomic mass is 35.5. The first kappa shape index (κ1) is 23.6. The van der Waals surface area contributed by atoms with Crippen LogP contribution in [0.25, 0.3) is 0 Å². The molecule has 1 fully saturated rings. The van der Waals surface area contributed by atoms with Gasteiger partial charge in [-0.15, -0.1) is 0 Å². The van der Waals surface area contributed by atoms with Crippen molar-refractivity contribution in [2.45, 2.75) is 45.1 Å². The number of hydrogen-bond acceptors (Lipinski definition) is 5. The van der Waals surface area contributed by atoms with Gasteiger partial charge in [-0.25, -0.2) is 0 Å². The van der Waals surface area contributed by atoms with Crippen molar-refractivity contribution in [3.05, 3.63) is 34.9 Å². The Kier molecular flexibility index (Phi) is 8.07. The number of hydrogen-bond donors (Lipinski definition) is 4. The van der Waals surface area contributed by atoms with Gasteiger partial charge in [-0.1, -0.05) is 44.5 Å². The Morgan fingerprint density at radius 2 is 1.97 bits per heavy atom. The second-order valence-electron chi connectivity index (χ2n) is 9.19. The predicted molar refractivity (Wildman–Crippen MR) is 113 cm³/mol. The van der Waals surface area contributed by atoms with Crippen molar-refractivity contribution in [2.75, 3.05) is 26.3 Å². The molecule has 7 heteroatoms. The van der Waals surface area contributed by atoms with E-state index in [2.05, 4.69) is 37.5 Å². The molecule has 1 aliphatic rings. The van der Waals surface area contributed by atoms with Crippen molar-refractivity contribution in [3.63, 3.8) is 0 Å². The number of piperidine rings is 1. The first-order valence-corrected chi connectivity index (χ1v) is 10.4. The largest absolute Gasteiger partial charge is 0.396 e. The highest BCUT2D eigenvalue weighted by molar-refractivity contribution is 6.30. The Morgan fingerprint density at radius 1 is 1.34 bits per heavy atom. The topological polar surface area (TPSA) is 105 Å². The van der Waals surface area contributed by atoms with Crippen molar-refractivity contribution < 1.29 is 15.0 Å². The minimum absolute atomic E-state index is 0.0332. The van der Waals surface area contributed by atoms with Gasteiger partial charge in [0.1, 0.15) is 0 Å². The highest BCUT2D eigenvalue weighted by Gasteiger charge is 2.48. The van der Waals surface area contributed by atoms with E-state index in [1.807, 2.05) is 12.1 Å². The van der Waals surface area contributed by atoms with Crippen LogP contribution in [0.2, 0.25) is 5.02 Å². The van der Waals surface area contributed by atoms with Crippen molar-refractivity contribution in [2.24, 2.45) is 17.3 Å². The molecule has 2 rings (SSSR count). The molecule has 0 saturated carbocycles. The maximum Gasteiger partial charge on any atom is 0.237 e. The summed E-state index contributed by atoms with van der Waals surface area (Å²) in [5.74, 6) is -0.576. The van der Waals surface area contributed by atoms with E-state index in [0.29, 0.717) is 18.0 Å². The Balaban J connectivity index is 2.29. The van der Waals surface area contributed by atoms with E-state index in [9.17, 15) is 20.3 Å². The third-order valence-electron chi connectivity index (χ3n) is 5.65. The zero-order valence-electron chi connectivity index (χ0n) is 17.4. The van der Waals surface area contributed by atoms with E-state index in [1.165, 1.54) is 0 Å². The molecular formula is C22H32ClN3O3. The monoisotopic (exact) mass is 421 g/mol. The summed E-state index contributed by atoms with van der Waals surface area (Å²) in [4.78, 5) is 12.7. The molecule has 1 saturated heterocycles. The van der Waals surface area contributed by atoms with E-state index in [0.717, 1.165) is 12.0 Å². The summed E-state index contributed by atoms with van der Waals surface area (Å²) in [7, 11) is 0. The SMILES string of the molecule is CC(C)(C)CC1CNC(C(=O)NCC(CO)CO)CC1(C#N)c1ccc(Cl)cc1. The second-order valence-corrected chi connectivity index (χ2v) is 9.63. The molecule has 0 spiro atoms. The normalized spacial score (nSPS) is 24.9. The number of benzene rings is 1. The van der Waals surface area contributed by atoms with Crippen LogP contribution < -0.4 is 10.6 Å². The highest BCUT2D eigenvalue weighted by Crippen LogP contribution is 2.44. The first-order valence-electron chi connectivity index (χ1n) is 10.1. The fraction of sp³-hybridized carbons (Fsp3) is 0.636. The summed E-state index contributed by atoms with van der Waals surface area (Å²) in [6, 6.07) is 9.37. The number of carbonyl (C=O) groups is 1. The van der Waals surface area contributed by atoms with Gasteiger partial charge in [-0.3, -0.25) is 4.79 Å². The van der Waals surface area contributed by atoms with Crippen molar-refractivity contribution >= 4 is 17.5 Å². The number of nitrogens with one attached hydrogen (secondary N) is 2. The van der Waals surface area contributed by atoms with Crippen LogP contribution in [0.3, 0.4) is 0 Å². The summed E-state index contributed by atoms with van der Waals surface area (Å²) in [6.07, 6.45) is 1.18. The average molecular weight is 422 g/mol. The van der Waals surface area contributed by atoms with Crippen LogP contribution in [0, 0.1) is 28.6 Å². The van der Waals surface area contributed by atoms with Crippen LogP contribution in [0.15, 0.2) is 24.3 Å². The van der Waals surface area contributed by atoms with Crippen molar-refractivity contribution in [3.8, 4) is 6.07 Å². The zero-order valence-corrected chi connectivity index (χ0v) is 18.2. The molecule has 1 aliphatic heterocycles. The number of rotatable bonds is 7. The molecule has 3 atom stereocenters. The Hall–Kier alpha value is -1.65. The quantitative estimate of drug-likeness (QED) is 0.540. The lowest BCUT2D eigenvalue weighted by atomic mass is 9.61. The molecule has 0 bridgehead atoms. The fourth-order valence-corrected chi connectivity index (χ4v) is 4.17. The maximum absolute atomic E-state index is 12.7. The number of nitrogens with zero attached hydrogens (tertiary/aromatic N) is 1. The first-order chi connectivity index (χ1) is 13.6. The summed E-state index contributed by atoms with van der Waals surface area (Å²) >= 11 is 6.06. The fourth-order valence-electron chi connectivity index (χ4n) is 4.05. The van der Waals surface area contributed by atoms with Crippen molar-refractivity contribution in [1.82, 2.24) is 10.6 Å². The van der Waals surface area contributed by atoms with Crippen LogP contribution >= 0.6 is 11.6 Å². The number of carbonyl (C=O) groups excluding carboxylic acids is 1. The number of nitriles is 1. The molecule has 0 radical (unpaired) electrons. The number of halogens is 1. The Bertz CT molecular complexity index is 722. The van der Waals surface area contributed by atoms with E-state index >= 15 is 0 Å². The van der Waals surface area contributed by atoms with Crippen LogP contribution in [0.5, 0.6) is 0 Å². The predicted octanol–water partition coefficient (Wildman–Crippen LogP) is 2.23. The number of aliphatic hydroxyl groups excluding tert-OH is 2. The van der Waals surface area contributed by atoms with Crippen LogP contribution in [0.4, 0.5) is 0 Å². The van der Waals surface area contributed by atoms with Gasteiger partial charge in [0.15, 0.2) is 0 Å². The molecule has 3 unspecified atom stereocenters. The molecular weight excluding hydrogens is 390 g/mol. The summed E-state index contributed by atoms with van der Waals surface area (Å²) < 4.78 is 0. The molecule has 1 aromatic rings. The van der Waals surface area contributed by atoms with Gasteiger partial charge >= 0.3 is 0 Å². The van der Waals surface area contributed by atoms with Gasteiger partial charge < -0.3 is 20.8 Å². The molecule has 1 aromatic carbocycles. The summed E-state index contributed by atoms with van der Waals surface area (Å²) in [6.45, 7) is 6.80. The standard InChI is InChI=1S/C22H32ClN3O3/c1-21(2,3)8-17-11-25-19(20(29)26-10-15(12-27)13-28)9-22(17,14-24)16-4-6-18(23)7-5-16/h4-7,15,17,19,25,27-28H,8-13H2,1-3H3,(H,26,29). The van der Waals surface area contributed by atoms with E-state index in [1.54, 1.807) is 12.1 Å². The van der Waals surface area contributed by atoms with E-state index in [4.69, 9.17) is 11.6 Å².